The highest BCUT2D eigenvalue weighted by molar-refractivity contribution is 5.97. The summed E-state index contributed by atoms with van der Waals surface area (Å²) in [7, 11) is 0. The number of carbonyl (C=O) groups excluding carboxylic acids is 1. The molecule has 4 aliphatic carbocycles. The Kier molecular flexibility index (Phi) is 7.11. The van der Waals surface area contributed by atoms with Gasteiger partial charge in [-0.2, -0.15) is 13.2 Å². The highest BCUT2D eigenvalue weighted by Gasteiger charge is 2.65. The second-order valence-corrected chi connectivity index (χ2v) is 13.0. The molecule has 4 nitrogen and oxygen atoms in total. The van der Waals surface area contributed by atoms with Crippen LogP contribution in [0.1, 0.15) is 89.5 Å². The Morgan fingerprint density at radius 2 is 1.80 bits per heavy atom. The molecule has 6 rings (SSSR count). The Morgan fingerprint density at radius 3 is 2.46 bits per heavy atom. The van der Waals surface area contributed by atoms with Crippen LogP contribution in [0.2, 0.25) is 0 Å². The molecular weight excluding hydrogens is 525 g/mol. The van der Waals surface area contributed by atoms with Crippen molar-refractivity contribution >= 4 is 17.2 Å². The minimum absolute atomic E-state index is 0.00696. The predicted octanol–water partition coefficient (Wildman–Crippen LogP) is 7.98. The molecule has 7 heteroatoms. The summed E-state index contributed by atoms with van der Waals surface area (Å²) in [6, 6.07) is 8.80. The molecule has 1 aliphatic heterocycles. The molecule has 218 valence electrons. The van der Waals surface area contributed by atoms with Crippen LogP contribution in [0.25, 0.3) is 0 Å². The second kappa shape index (κ2) is 10.4. The average molecular weight is 565 g/mol. The number of fused-ring (bicyclic) bond motifs is 4. The number of Topliss-reactive ketones (excluding diaryl/α,β-unsaturated/α-hetero) is 1. The van der Waals surface area contributed by atoms with E-state index < -0.39 is 17.0 Å². The molecule has 1 heterocycles. The van der Waals surface area contributed by atoms with Crippen molar-refractivity contribution in [3.8, 4) is 11.8 Å². The van der Waals surface area contributed by atoms with E-state index in [4.69, 9.17) is 0 Å². The van der Waals surface area contributed by atoms with Crippen molar-refractivity contribution in [1.82, 2.24) is 0 Å². The number of nitrogens with zero attached hydrogens (tertiary/aromatic N) is 2. The molecule has 1 N–H and O–H groups in total. The van der Waals surface area contributed by atoms with Crippen LogP contribution in [0, 0.1) is 34.5 Å². The van der Waals surface area contributed by atoms with Gasteiger partial charge in [-0.15, -0.1) is 0 Å². The van der Waals surface area contributed by atoms with Gasteiger partial charge in [0.2, 0.25) is 0 Å². The topological polar surface area (TPSA) is 52.9 Å². The predicted molar refractivity (Wildman–Crippen MR) is 154 cm³/mol. The van der Waals surface area contributed by atoms with Crippen LogP contribution in [-0.2, 0) is 4.79 Å². The molecule has 2 saturated carbocycles. The van der Waals surface area contributed by atoms with E-state index in [1.54, 1.807) is 0 Å². The Hall–Kier alpha value is -3.01. The molecule has 1 saturated heterocycles. The molecular formula is C34H39F3N2O2. The summed E-state index contributed by atoms with van der Waals surface area (Å²) >= 11 is 0. The number of hydrogen-bond acceptors (Lipinski definition) is 4. The fourth-order valence-electron chi connectivity index (χ4n) is 9.20. The van der Waals surface area contributed by atoms with E-state index in [1.807, 2.05) is 6.08 Å². The van der Waals surface area contributed by atoms with Crippen molar-refractivity contribution < 1.29 is 23.2 Å². The molecule has 41 heavy (non-hydrogen) atoms. The molecule has 0 amide bonds. The van der Waals surface area contributed by atoms with Crippen LogP contribution in [0.4, 0.5) is 18.9 Å². The van der Waals surface area contributed by atoms with Crippen LogP contribution in [0.3, 0.4) is 0 Å². The summed E-state index contributed by atoms with van der Waals surface area (Å²) in [6.45, 7) is 5.60. The number of rotatable bonds is 3. The van der Waals surface area contributed by atoms with Gasteiger partial charge < -0.3 is 10.1 Å². The van der Waals surface area contributed by atoms with E-state index in [2.05, 4.69) is 47.2 Å². The van der Waals surface area contributed by atoms with Crippen molar-refractivity contribution in [1.29, 1.82) is 0 Å². The van der Waals surface area contributed by atoms with Gasteiger partial charge in [0, 0.05) is 30.6 Å². The summed E-state index contributed by atoms with van der Waals surface area (Å²) in [5.74, 6) is 4.13. The third kappa shape index (κ3) is 4.72. The van der Waals surface area contributed by atoms with Gasteiger partial charge in [0.05, 0.1) is 11.1 Å². The first-order chi connectivity index (χ1) is 19.6. The van der Waals surface area contributed by atoms with Crippen molar-refractivity contribution in [3.63, 3.8) is 0 Å². The summed E-state index contributed by atoms with van der Waals surface area (Å²) in [5.41, 5.74) is 5.05. The zero-order valence-corrected chi connectivity index (χ0v) is 24.0. The van der Waals surface area contributed by atoms with Gasteiger partial charge in [0.25, 0.3) is 0 Å². The highest BCUT2D eigenvalue weighted by Crippen LogP contribution is 2.69. The molecule has 0 spiro atoms. The van der Waals surface area contributed by atoms with Crippen LogP contribution in [-0.4, -0.2) is 36.0 Å². The molecule has 1 aromatic carbocycles. The zero-order valence-electron chi connectivity index (χ0n) is 24.0. The van der Waals surface area contributed by atoms with Gasteiger partial charge in [-0.3, -0.25) is 4.79 Å². The number of allylic oxidation sites excluding steroid dienone is 4. The van der Waals surface area contributed by atoms with Crippen molar-refractivity contribution in [2.24, 2.45) is 27.8 Å². The maximum atomic E-state index is 13.4. The highest BCUT2D eigenvalue weighted by atomic mass is 19.4. The second-order valence-electron chi connectivity index (χ2n) is 13.0. The number of benzene rings is 1. The van der Waals surface area contributed by atoms with Crippen LogP contribution >= 0.6 is 0 Å². The standard InChI is InChI=1S/C34H39F3N2O2/c1-22(40)33(16-17-34(35,36)37)15-14-30-28-12-8-24-20-25(38-41)9-13-27(24)31(28)29(21-32(30,33)2)23-6-10-26(11-7-23)39-18-4-3-5-19-39/h6-7,10-11,20,28-30,41H,3-5,8-9,12-15,18-19,21H2,1-2H3/b38-25+/t28-,29+,30-,32-,33-/m0/s1. The van der Waals surface area contributed by atoms with Crippen molar-refractivity contribution in [2.45, 2.75) is 90.1 Å². The van der Waals surface area contributed by atoms with E-state index in [0.717, 1.165) is 37.9 Å². The summed E-state index contributed by atoms with van der Waals surface area (Å²) in [4.78, 5) is 15.8. The zero-order chi connectivity index (χ0) is 29.0. The summed E-state index contributed by atoms with van der Waals surface area (Å²) in [5, 5.41) is 12.9. The van der Waals surface area contributed by atoms with Crippen LogP contribution in [0.15, 0.2) is 52.2 Å². The number of ketones is 1. The lowest BCUT2D eigenvalue weighted by atomic mass is 9.48. The van der Waals surface area contributed by atoms with Crippen LogP contribution in [0.5, 0.6) is 0 Å². The summed E-state index contributed by atoms with van der Waals surface area (Å²) in [6.07, 6.45) is 5.91. The van der Waals surface area contributed by atoms with Crippen molar-refractivity contribution in [2.75, 3.05) is 18.0 Å². The van der Waals surface area contributed by atoms with Gasteiger partial charge in [0.1, 0.15) is 5.78 Å². The lowest BCUT2D eigenvalue weighted by Gasteiger charge is -2.54. The maximum absolute atomic E-state index is 13.4. The smallest absolute Gasteiger partial charge is 0.411 e. The normalized spacial score (nSPS) is 34.3. The number of piperidine rings is 1. The SMILES string of the molecule is CC(=O)[C@@]1(C#CC(F)(F)F)CC[C@H]2[C@@H]3CCC4=C/C(=N/O)CCC4=C3[C@@H](c3ccc(N4CCCCC4)cc3)C[C@@]21C. The quantitative estimate of drug-likeness (QED) is 0.230. The Morgan fingerprint density at radius 1 is 1.07 bits per heavy atom. The minimum atomic E-state index is -4.64. The third-order valence-corrected chi connectivity index (χ3v) is 11.1. The van der Waals surface area contributed by atoms with Crippen LogP contribution < -0.4 is 4.90 Å². The Balaban J connectivity index is 1.48. The van der Waals surface area contributed by atoms with Gasteiger partial charge >= 0.3 is 6.18 Å². The van der Waals surface area contributed by atoms with Crippen molar-refractivity contribution in [3.05, 3.63) is 52.6 Å². The number of anilines is 1. The molecule has 0 bridgehead atoms. The number of halogens is 3. The molecule has 5 aliphatic rings. The number of carbonyl (C=O) groups is 1. The Bertz CT molecular complexity index is 1370. The van der Waals surface area contributed by atoms with Gasteiger partial charge in [-0.1, -0.05) is 35.7 Å². The first-order valence-electron chi connectivity index (χ1n) is 15.2. The fraction of sp³-hybridized carbons (Fsp3) is 0.588. The number of alkyl halides is 3. The fourth-order valence-corrected chi connectivity index (χ4v) is 9.20. The molecule has 0 aromatic heterocycles. The van der Waals surface area contributed by atoms with E-state index in [-0.39, 0.29) is 23.5 Å². The molecule has 1 aromatic rings. The number of hydrogen-bond donors (Lipinski definition) is 1. The molecule has 5 atom stereocenters. The van der Waals surface area contributed by atoms with E-state index in [9.17, 15) is 23.2 Å². The first-order valence-corrected chi connectivity index (χ1v) is 15.2. The molecule has 0 radical (unpaired) electrons. The lowest BCUT2D eigenvalue weighted by molar-refractivity contribution is -0.130. The van der Waals surface area contributed by atoms with Gasteiger partial charge in [-0.05, 0) is 123 Å². The third-order valence-electron chi connectivity index (χ3n) is 11.1. The first kappa shape index (κ1) is 28.1. The average Bonchev–Trinajstić information content (AvgIpc) is 3.28. The monoisotopic (exact) mass is 564 g/mol. The van der Waals surface area contributed by atoms with E-state index in [0.29, 0.717) is 31.4 Å². The van der Waals surface area contributed by atoms with E-state index in [1.165, 1.54) is 54.5 Å². The number of oxime groups is 1. The lowest BCUT2D eigenvalue weighted by Crippen LogP contribution is -2.50. The van der Waals surface area contributed by atoms with E-state index >= 15 is 0 Å². The Labute approximate surface area is 240 Å². The van der Waals surface area contributed by atoms with Gasteiger partial charge in [0.15, 0.2) is 0 Å². The van der Waals surface area contributed by atoms with Gasteiger partial charge in [-0.25, -0.2) is 0 Å². The largest absolute Gasteiger partial charge is 0.457 e. The minimum Gasteiger partial charge on any atom is -0.411 e. The maximum Gasteiger partial charge on any atom is 0.457 e. The summed E-state index contributed by atoms with van der Waals surface area (Å²) < 4.78 is 40.2. The molecule has 0 unspecified atom stereocenters. The molecule has 3 fully saturated rings.